The third-order valence-corrected chi connectivity index (χ3v) is 5.98. The van der Waals surface area contributed by atoms with E-state index in [2.05, 4.69) is 25.2 Å². The molecule has 148 valence electrons. The van der Waals surface area contributed by atoms with Crippen LogP contribution in [0.4, 0.5) is 5.95 Å². The molecule has 0 bridgehead atoms. The predicted molar refractivity (Wildman–Crippen MR) is 107 cm³/mol. The molecule has 1 aliphatic heterocycles. The highest BCUT2D eigenvalue weighted by Gasteiger charge is 2.21. The van der Waals surface area contributed by atoms with Crippen LogP contribution >= 0.6 is 0 Å². The third kappa shape index (κ3) is 4.32. The van der Waals surface area contributed by atoms with Crippen molar-refractivity contribution >= 4 is 17.0 Å². The summed E-state index contributed by atoms with van der Waals surface area (Å²) in [6, 6.07) is 0. The number of hydrogen-bond acceptors (Lipinski definition) is 6. The van der Waals surface area contributed by atoms with Gasteiger partial charge in [0, 0.05) is 52.9 Å². The number of aromatic nitrogens is 4. The van der Waals surface area contributed by atoms with Gasteiger partial charge in [-0.1, -0.05) is 19.3 Å². The molecular weight excluding hydrogens is 342 g/mol. The number of aromatic amines is 1. The Bertz CT molecular complexity index is 802. The van der Waals surface area contributed by atoms with Gasteiger partial charge in [0.2, 0.25) is 5.95 Å². The Kier molecular flexibility index (Phi) is 5.73. The van der Waals surface area contributed by atoms with Crippen LogP contribution < -0.4 is 15.8 Å². The first kappa shape index (κ1) is 18.4. The highest BCUT2D eigenvalue weighted by Crippen LogP contribution is 2.25. The summed E-state index contributed by atoms with van der Waals surface area (Å²) in [7, 11) is 1.78. The summed E-state index contributed by atoms with van der Waals surface area (Å²) in [5.41, 5.74) is 1.11. The van der Waals surface area contributed by atoms with Crippen LogP contribution in [-0.2, 0) is 7.05 Å². The highest BCUT2D eigenvalue weighted by atomic mass is 16.1. The standard InChI is InChI=1S/C19H31N7O/c1-24-17-16(13-21-24)22-19(23-18(17)27)26(14-15-5-3-2-4-6-15)12-11-25-9-7-20-8-10-25/h13,15,20H,2-12,14H2,1H3,(H,22,23,27). The molecule has 2 N–H and O–H groups in total. The Hall–Kier alpha value is -1.93. The Morgan fingerprint density at radius 3 is 2.78 bits per heavy atom. The molecule has 2 aromatic rings. The molecule has 1 aliphatic carbocycles. The molecule has 8 heteroatoms. The molecule has 0 unspecified atom stereocenters. The maximum Gasteiger partial charge on any atom is 0.278 e. The lowest BCUT2D eigenvalue weighted by Gasteiger charge is -2.33. The summed E-state index contributed by atoms with van der Waals surface area (Å²) in [4.78, 5) is 25.1. The molecule has 8 nitrogen and oxygen atoms in total. The van der Waals surface area contributed by atoms with E-state index in [4.69, 9.17) is 4.98 Å². The van der Waals surface area contributed by atoms with Gasteiger partial charge in [-0.25, -0.2) is 4.98 Å². The van der Waals surface area contributed by atoms with Crippen LogP contribution in [0.15, 0.2) is 11.0 Å². The normalized spacial score (nSPS) is 19.6. The number of piperazine rings is 1. The van der Waals surface area contributed by atoms with E-state index in [-0.39, 0.29) is 5.56 Å². The molecule has 2 aliphatic rings. The first-order valence-corrected chi connectivity index (χ1v) is 10.3. The fourth-order valence-electron chi connectivity index (χ4n) is 4.39. The molecule has 0 spiro atoms. The van der Waals surface area contributed by atoms with Crippen LogP contribution in [0.5, 0.6) is 0 Å². The molecule has 2 aromatic heterocycles. The van der Waals surface area contributed by atoms with E-state index in [0.29, 0.717) is 22.9 Å². The van der Waals surface area contributed by atoms with Gasteiger partial charge in [-0.2, -0.15) is 5.10 Å². The van der Waals surface area contributed by atoms with Crippen molar-refractivity contribution in [2.75, 3.05) is 50.7 Å². The summed E-state index contributed by atoms with van der Waals surface area (Å²) in [6.45, 7) is 7.15. The van der Waals surface area contributed by atoms with Crippen molar-refractivity contribution in [3.05, 3.63) is 16.6 Å². The molecule has 4 rings (SSSR count). The number of H-pyrrole nitrogens is 1. The molecule has 0 aromatic carbocycles. The molecule has 1 saturated carbocycles. The SMILES string of the molecule is Cn1ncc2nc(N(CCN3CCNCC3)CC3CCCCC3)[nH]c(=O)c21. The van der Waals surface area contributed by atoms with Crippen LogP contribution in [0.25, 0.3) is 11.0 Å². The van der Waals surface area contributed by atoms with E-state index in [1.807, 2.05) is 0 Å². The lowest BCUT2D eigenvalue weighted by molar-refractivity contribution is 0.243. The first-order valence-electron chi connectivity index (χ1n) is 10.3. The van der Waals surface area contributed by atoms with Crippen LogP contribution in [0.2, 0.25) is 0 Å². The maximum atomic E-state index is 12.6. The van der Waals surface area contributed by atoms with Gasteiger partial charge in [0.25, 0.3) is 5.56 Å². The Labute approximate surface area is 159 Å². The van der Waals surface area contributed by atoms with Crippen molar-refractivity contribution in [3.8, 4) is 0 Å². The second-order valence-corrected chi connectivity index (χ2v) is 7.93. The van der Waals surface area contributed by atoms with E-state index in [1.165, 1.54) is 32.1 Å². The molecule has 27 heavy (non-hydrogen) atoms. The van der Waals surface area contributed by atoms with Crippen LogP contribution in [0, 0.1) is 5.92 Å². The van der Waals surface area contributed by atoms with E-state index in [0.717, 1.165) is 45.8 Å². The van der Waals surface area contributed by atoms with Gasteiger partial charge >= 0.3 is 0 Å². The van der Waals surface area contributed by atoms with Gasteiger partial charge in [0.1, 0.15) is 5.52 Å². The zero-order valence-electron chi connectivity index (χ0n) is 16.3. The Morgan fingerprint density at radius 2 is 2.00 bits per heavy atom. The summed E-state index contributed by atoms with van der Waals surface area (Å²) in [6.07, 6.45) is 8.24. The van der Waals surface area contributed by atoms with Crippen molar-refractivity contribution in [2.45, 2.75) is 32.1 Å². The highest BCUT2D eigenvalue weighted by molar-refractivity contribution is 5.74. The molecular formula is C19H31N7O. The number of anilines is 1. The van der Waals surface area contributed by atoms with Crippen molar-refractivity contribution in [1.29, 1.82) is 0 Å². The smallest absolute Gasteiger partial charge is 0.278 e. The largest absolute Gasteiger partial charge is 0.341 e. The number of hydrogen-bond donors (Lipinski definition) is 2. The third-order valence-electron chi connectivity index (χ3n) is 5.98. The fourth-order valence-corrected chi connectivity index (χ4v) is 4.39. The number of rotatable bonds is 6. The van der Waals surface area contributed by atoms with Gasteiger partial charge in [0.15, 0.2) is 5.52 Å². The maximum absolute atomic E-state index is 12.6. The number of nitrogens with one attached hydrogen (secondary N) is 2. The topological polar surface area (TPSA) is 82.1 Å². The van der Waals surface area contributed by atoms with Gasteiger partial charge in [-0.15, -0.1) is 0 Å². The zero-order chi connectivity index (χ0) is 18.6. The minimum Gasteiger partial charge on any atom is -0.341 e. The first-order chi connectivity index (χ1) is 13.2. The van der Waals surface area contributed by atoms with Crippen molar-refractivity contribution in [3.63, 3.8) is 0 Å². The molecule has 0 amide bonds. The quantitative estimate of drug-likeness (QED) is 0.785. The fraction of sp³-hybridized carbons (Fsp3) is 0.737. The lowest BCUT2D eigenvalue weighted by atomic mass is 9.89. The van der Waals surface area contributed by atoms with Crippen LogP contribution in [0.3, 0.4) is 0 Å². The second-order valence-electron chi connectivity index (χ2n) is 7.93. The average Bonchev–Trinajstić information content (AvgIpc) is 3.08. The predicted octanol–water partition coefficient (Wildman–Crippen LogP) is 0.949. The second kappa shape index (κ2) is 8.39. The van der Waals surface area contributed by atoms with Crippen molar-refractivity contribution in [1.82, 2.24) is 30.0 Å². The molecule has 0 radical (unpaired) electrons. The molecule has 0 atom stereocenters. The van der Waals surface area contributed by atoms with E-state index >= 15 is 0 Å². The minimum atomic E-state index is -0.106. The monoisotopic (exact) mass is 373 g/mol. The Morgan fingerprint density at radius 1 is 1.22 bits per heavy atom. The number of aryl methyl sites for hydroxylation is 1. The van der Waals surface area contributed by atoms with E-state index in [9.17, 15) is 4.79 Å². The number of fused-ring (bicyclic) bond motifs is 1. The molecule has 1 saturated heterocycles. The van der Waals surface area contributed by atoms with E-state index < -0.39 is 0 Å². The van der Waals surface area contributed by atoms with Crippen molar-refractivity contribution < 1.29 is 0 Å². The number of nitrogens with zero attached hydrogens (tertiary/aromatic N) is 5. The zero-order valence-corrected chi connectivity index (χ0v) is 16.3. The minimum absolute atomic E-state index is 0.106. The summed E-state index contributed by atoms with van der Waals surface area (Å²) in [5, 5.41) is 7.60. The van der Waals surface area contributed by atoms with Gasteiger partial charge in [0.05, 0.1) is 6.20 Å². The summed E-state index contributed by atoms with van der Waals surface area (Å²) < 4.78 is 1.59. The van der Waals surface area contributed by atoms with Crippen LogP contribution in [0.1, 0.15) is 32.1 Å². The van der Waals surface area contributed by atoms with Crippen molar-refractivity contribution in [2.24, 2.45) is 13.0 Å². The summed E-state index contributed by atoms with van der Waals surface area (Å²) in [5.74, 6) is 1.39. The van der Waals surface area contributed by atoms with Gasteiger partial charge in [-0.05, 0) is 18.8 Å². The van der Waals surface area contributed by atoms with Crippen LogP contribution in [-0.4, -0.2) is 70.5 Å². The van der Waals surface area contributed by atoms with E-state index in [1.54, 1.807) is 17.9 Å². The lowest BCUT2D eigenvalue weighted by Crippen LogP contribution is -2.47. The molecule has 2 fully saturated rings. The molecule has 3 heterocycles. The Balaban J connectivity index is 1.54. The van der Waals surface area contributed by atoms with Gasteiger partial charge in [-0.3, -0.25) is 19.4 Å². The average molecular weight is 374 g/mol. The van der Waals surface area contributed by atoms with Gasteiger partial charge < -0.3 is 10.2 Å². The summed E-state index contributed by atoms with van der Waals surface area (Å²) >= 11 is 0.